The summed E-state index contributed by atoms with van der Waals surface area (Å²) in [5.41, 5.74) is 2.98. The van der Waals surface area contributed by atoms with E-state index in [9.17, 15) is 4.79 Å². The van der Waals surface area contributed by atoms with E-state index >= 15 is 0 Å². The van der Waals surface area contributed by atoms with Gasteiger partial charge in [0.05, 0.1) is 5.69 Å². The molecule has 0 radical (unpaired) electrons. The zero-order chi connectivity index (χ0) is 12.3. The van der Waals surface area contributed by atoms with Gasteiger partial charge in [0, 0.05) is 18.2 Å². The zero-order valence-electron chi connectivity index (χ0n) is 9.95. The van der Waals surface area contributed by atoms with Crippen LogP contribution >= 0.6 is 0 Å². The first-order valence-corrected chi connectivity index (χ1v) is 5.62. The van der Waals surface area contributed by atoms with Gasteiger partial charge in [0.25, 0.3) is 0 Å². The van der Waals surface area contributed by atoms with Crippen LogP contribution in [0.1, 0.15) is 19.5 Å². The minimum atomic E-state index is -0.124. The maximum Gasteiger partial charge on any atom is 0.223 e. The van der Waals surface area contributed by atoms with Gasteiger partial charge in [0.1, 0.15) is 0 Å². The van der Waals surface area contributed by atoms with Crippen LogP contribution in [0.15, 0.2) is 30.3 Å². The van der Waals surface area contributed by atoms with Crippen molar-refractivity contribution >= 4 is 11.9 Å². The fourth-order valence-electron chi connectivity index (χ4n) is 1.73. The molecule has 17 heavy (non-hydrogen) atoms. The third-order valence-electron chi connectivity index (χ3n) is 2.47. The highest BCUT2D eigenvalue weighted by molar-refractivity contribution is 5.87. The molecule has 0 aliphatic rings. The molecular formula is C13H15N3O. The molecule has 0 atom stereocenters. The number of aryl methyl sites for hydroxylation is 1. The lowest BCUT2D eigenvalue weighted by molar-refractivity contribution is -0.114. The first-order valence-electron chi connectivity index (χ1n) is 5.62. The molecule has 0 bridgehead atoms. The number of amides is 1. The first kappa shape index (κ1) is 11.4. The second kappa shape index (κ2) is 4.82. The fraction of sp³-hybridized carbons (Fsp3) is 0.231. The average molecular weight is 229 g/mol. The molecule has 1 heterocycles. The number of carbonyl (C=O) groups is 1. The number of carbonyl (C=O) groups excluding carboxylic acids is 1. The lowest BCUT2D eigenvalue weighted by Gasteiger charge is -1.98. The van der Waals surface area contributed by atoms with Crippen LogP contribution in [0.2, 0.25) is 0 Å². The number of nitrogens with one attached hydrogen (secondary N) is 2. The summed E-state index contributed by atoms with van der Waals surface area (Å²) in [6, 6.07) is 9.93. The van der Waals surface area contributed by atoms with E-state index in [1.165, 1.54) is 6.92 Å². The van der Waals surface area contributed by atoms with Crippen LogP contribution in [0.4, 0.5) is 5.95 Å². The molecule has 2 rings (SSSR count). The van der Waals surface area contributed by atoms with Crippen molar-refractivity contribution in [3.63, 3.8) is 0 Å². The van der Waals surface area contributed by atoms with Gasteiger partial charge in [-0.3, -0.25) is 10.1 Å². The summed E-state index contributed by atoms with van der Waals surface area (Å²) in [5.74, 6) is 0.384. The van der Waals surface area contributed by atoms with Crippen LogP contribution in [-0.2, 0) is 11.2 Å². The number of imidazole rings is 1. The van der Waals surface area contributed by atoms with E-state index in [0.29, 0.717) is 5.95 Å². The average Bonchev–Trinajstić information content (AvgIpc) is 2.72. The number of nitrogens with zero attached hydrogens (tertiary/aromatic N) is 1. The summed E-state index contributed by atoms with van der Waals surface area (Å²) < 4.78 is 0. The van der Waals surface area contributed by atoms with Crippen LogP contribution in [0.5, 0.6) is 0 Å². The number of hydrogen-bond acceptors (Lipinski definition) is 2. The van der Waals surface area contributed by atoms with E-state index in [2.05, 4.69) is 22.2 Å². The quantitative estimate of drug-likeness (QED) is 0.849. The van der Waals surface area contributed by atoms with E-state index in [4.69, 9.17) is 0 Å². The van der Waals surface area contributed by atoms with Gasteiger partial charge in [-0.05, 0) is 6.42 Å². The van der Waals surface area contributed by atoms with Crippen molar-refractivity contribution in [3.8, 4) is 11.3 Å². The van der Waals surface area contributed by atoms with Gasteiger partial charge in [-0.2, -0.15) is 0 Å². The van der Waals surface area contributed by atoms with E-state index in [1.54, 1.807) is 0 Å². The summed E-state index contributed by atoms with van der Waals surface area (Å²) in [4.78, 5) is 18.5. The van der Waals surface area contributed by atoms with Crippen molar-refractivity contribution in [2.24, 2.45) is 0 Å². The number of aromatic nitrogens is 2. The van der Waals surface area contributed by atoms with Crippen LogP contribution in [0, 0.1) is 0 Å². The Hall–Kier alpha value is -2.10. The van der Waals surface area contributed by atoms with E-state index in [0.717, 1.165) is 23.4 Å². The Morgan fingerprint density at radius 2 is 2.06 bits per heavy atom. The molecule has 1 amide bonds. The van der Waals surface area contributed by atoms with Crippen LogP contribution < -0.4 is 5.32 Å². The summed E-state index contributed by atoms with van der Waals surface area (Å²) in [7, 11) is 0. The summed E-state index contributed by atoms with van der Waals surface area (Å²) in [6.45, 7) is 3.52. The molecule has 0 aliphatic heterocycles. The van der Waals surface area contributed by atoms with Crippen molar-refractivity contribution in [3.05, 3.63) is 36.0 Å². The maximum absolute atomic E-state index is 11.0. The third kappa shape index (κ3) is 2.53. The zero-order valence-corrected chi connectivity index (χ0v) is 9.95. The number of rotatable bonds is 3. The lowest BCUT2D eigenvalue weighted by atomic mass is 10.1. The van der Waals surface area contributed by atoms with Gasteiger partial charge in [-0.25, -0.2) is 4.98 Å². The standard InChI is InChI=1S/C13H15N3O/c1-3-11-12(10-7-5-4-6-8-10)16-13(15-11)14-9(2)17/h4-8H,3H2,1-2H3,(H2,14,15,16,17). The highest BCUT2D eigenvalue weighted by Crippen LogP contribution is 2.23. The van der Waals surface area contributed by atoms with Crippen molar-refractivity contribution in [1.82, 2.24) is 9.97 Å². The normalized spacial score (nSPS) is 10.2. The number of anilines is 1. The molecule has 0 fully saturated rings. The SMILES string of the molecule is CCc1[nH]c(NC(C)=O)nc1-c1ccccc1. The number of H-pyrrole nitrogens is 1. The van der Waals surface area contributed by atoms with Crippen molar-refractivity contribution in [2.45, 2.75) is 20.3 Å². The highest BCUT2D eigenvalue weighted by Gasteiger charge is 2.10. The van der Waals surface area contributed by atoms with Crippen LogP contribution in [0.3, 0.4) is 0 Å². The van der Waals surface area contributed by atoms with Crippen LogP contribution in [-0.4, -0.2) is 15.9 Å². The predicted octanol–water partition coefficient (Wildman–Crippen LogP) is 2.60. The maximum atomic E-state index is 11.0. The molecule has 1 aromatic carbocycles. The third-order valence-corrected chi connectivity index (χ3v) is 2.47. The number of aromatic amines is 1. The van der Waals surface area contributed by atoms with Gasteiger partial charge >= 0.3 is 0 Å². The lowest BCUT2D eigenvalue weighted by Crippen LogP contribution is -2.07. The molecule has 2 N–H and O–H groups in total. The second-order valence-electron chi connectivity index (χ2n) is 3.81. The minimum absolute atomic E-state index is 0.124. The van der Waals surface area contributed by atoms with Gasteiger partial charge in [0.15, 0.2) is 0 Å². The Morgan fingerprint density at radius 1 is 1.35 bits per heavy atom. The molecule has 88 valence electrons. The monoisotopic (exact) mass is 229 g/mol. The Kier molecular flexibility index (Phi) is 3.23. The molecule has 4 heteroatoms. The fourth-order valence-corrected chi connectivity index (χ4v) is 1.73. The van der Waals surface area contributed by atoms with Crippen molar-refractivity contribution in [1.29, 1.82) is 0 Å². The second-order valence-corrected chi connectivity index (χ2v) is 3.81. The van der Waals surface area contributed by atoms with Crippen molar-refractivity contribution < 1.29 is 4.79 Å². The summed E-state index contributed by atoms with van der Waals surface area (Å²) >= 11 is 0. The van der Waals surface area contributed by atoms with E-state index in [1.807, 2.05) is 30.3 Å². The Morgan fingerprint density at radius 3 is 2.65 bits per heavy atom. The molecule has 4 nitrogen and oxygen atoms in total. The van der Waals surface area contributed by atoms with Crippen molar-refractivity contribution in [2.75, 3.05) is 5.32 Å². The van der Waals surface area contributed by atoms with Crippen LogP contribution in [0.25, 0.3) is 11.3 Å². The molecular weight excluding hydrogens is 214 g/mol. The molecule has 0 aliphatic carbocycles. The van der Waals surface area contributed by atoms with Gasteiger partial charge in [0.2, 0.25) is 11.9 Å². The van der Waals surface area contributed by atoms with E-state index < -0.39 is 0 Å². The highest BCUT2D eigenvalue weighted by atomic mass is 16.1. The molecule has 0 saturated heterocycles. The van der Waals surface area contributed by atoms with Gasteiger partial charge in [-0.1, -0.05) is 37.3 Å². The Bertz CT molecular complexity index is 517. The topological polar surface area (TPSA) is 57.8 Å². The summed E-state index contributed by atoms with van der Waals surface area (Å²) in [6.07, 6.45) is 0.844. The number of benzene rings is 1. The minimum Gasteiger partial charge on any atom is -0.327 e. The molecule has 2 aromatic rings. The molecule has 0 spiro atoms. The molecule has 0 saturated carbocycles. The first-order chi connectivity index (χ1) is 8.20. The van der Waals surface area contributed by atoms with Gasteiger partial charge < -0.3 is 4.98 Å². The Balaban J connectivity index is 2.39. The smallest absolute Gasteiger partial charge is 0.223 e. The molecule has 0 unspecified atom stereocenters. The Labute approximate surface area is 100 Å². The molecule has 1 aromatic heterocycles. The van der Waals surface area contributed by atoms with Gasteiger partial charge in [-0.15, -0.1) is 0 Å². The summed E-state index contributed by atoms with van der Waals surface area (Å²) in [5, 5.41) is 2.66. The number of hydrogen-bond donors (Lipinski definition) is 2. The predicted molar refractivity (Wildman–Crippen MR) is 67.7 cm³/mol. The largest absolute Gasteiger partial charge is 0.327 e. The van der Waals surface area contributed by atoms with E-state index in [-0.39, 0.29) is 5.91 Å².